The van der Waals surface area contributed by atoms with Crippen molar-refractivity contribution in [1.29, 1.82) is 0 Å². The van der Waals surface area contributed by atoms with E-state index in [9.17, 15) is 13.2 Å². The van der Waals surface area contributed by atoms with Crippen molar-refractivity contribution in [3.63, 3.8) is 0 Å². The Kier molecular flexibility index (Phi) is 4.89. The quantitative estimate of drug-likeness (QED) is 0.453. The van der Waals surface area contributed by atoms with Crippen molar-refractivity contribution in [2.24, 2.45) is 5.73 Å². The zero-order valence-electron chi connectivity index (χ0n) is 7.26. The van der Waals surface area contributed by atoms with Crippen LogP contribution in [0, 0.1) is 0 Å². The van der Waals surface area contributed by atoms with Gasteiger partial charge in [-0.05, 0) is 6.42 Å². The van der Waals surface area contributed by atoms with Crippen LogP contribution < -0.4 is 5.73 Å². The summed E-state index contributed by atoms with van der Waals surface area (Å²) in [5.41, 5.74) is 5.13. The van der Waals surface area contributed by atoms with E-state index in [-0.39, 0.29) is 6.61 Å². The third kappa shape index (κ3) is 6.50. The smallest absolute Gasteiger partial charge is 0.324 e. The van der Waals surface area contributed by atoms with Crippen LogP contribution in [0.3, 0.4) is 0 Å². The van der Waals surface area contributed by atoms with Crippen LogP contribution in [-0.4, -0.2) is 37.3 Å². The molecule has 0 aliphatic rings. The zero-order valence-corrected chi connectivity index (χ0v) is 8.08. The van der Waals surface area contributed by atoms with Gasteiger partial charge in [0.25, 0.3) is 10.1 Å². The summed E-state index contributed by atoms with van der Waals surface area (Å²) in [4.78, 5) is 10.9. The van der Waals surface area contributed by atoms with E-state index in [2.05, 4.69) is 4.74 Å². The maximum Gasteiger partial charge on any atom is 0.324 e. The molecule has 7 heteroatoms. The molecule has 3 N–H and O–H groups in total. The first-order valence-corrected chi connectivity index (χ1v) is 5.35. The van der Waals surface area contributed by atoms with Crippen LogP contribution in [0.15, 0.2) is 0 Å². The number of carbonyl (C=O) groups excluding carboxylic acids is 1. The van der Waals surface area contributed by atoms with Crippen LogP contribution in [-0.2, 0) is 19.6 Å². The molecule has 0 aromatic carbocycles. The Labute approximate surface area is 76.8 Å². The first-order valence-electron chi connectivity index (χ1n) is 3.74. The summed E-state index contributed by atoms with van der Waals surface area (Å²) in [6.07, 6.45) is 0.629. The number of hydrogen-bond donors (Lipinski definition) is 2. The fourth-order valence-electron chi connectivity index (χ4n) is 0.605. The highest BCUT2D eigenvalue weighted by Crippen LogP contribution is 1.92. The van der Waals surface area contributed by atoms with Crippen molar-refractivity contribution in [3.05, 3.63) is 0 Å². The monoisotopic (exact) mass is 211 g/mol. The lowest BCUT2D eigenvalue weighted by Gasteiger charge is -2.08. The topological polar surface area (TPSA) is 107 Å². The minimum atomic E-state index is -4.22. The molecule has 0 saturated heterocycles. The second-order valence-electron chi connectivity index (χ2n) is 2.52. The van der Waals surface area contributed by atoms with Gasteiger partial charge in [0, 0.05) is 0 Å². The van der Waals surface area contributed by atoms with Gasteiger partial charge in [0.15, 0.2) is 0 Å². The van der Waals surface area contributed by atoms with E-state index in [1.807, 2.05) is 0 Å². The van der Waals surface area contributed by atoms with E-state index in [0.717, 1.165) is 0 Å². The Morgan fingerprint density at radius 3 is 2.54 bits per heavy atom. The van der Waals surface area contributed by atoms with Gasteiger partial charge in [0.2, 0.25) is 0 Å². The van der Waals surface area contributed by atoms with Crippen LogP contribution in [0.4, 0.5) is 0 Å². The van der Waals surface area contributed by atoms with Gasteiger partial charge in [-0.3, -0.25) is 9.35 Å². The molecule has 0 spiro atoms. The lowest BCUT2D eigenvalue weighted by atomic mass is 10.4. The largest absolute Gasteiger partial charge is 0.465 e. The van der Waals surface area contributed by atoms with Crippen molar-refractivity contribution in [2.45, 2.75) is 19.4 Å². The number of carbonyl (C=O) groups is 1. The second kappa shape index (κ2) is 5.15. The van der Waals surface area contributed by atoms with Gasteiger partial charge in [0.1, 0.15) is 11.8 Å². The van der Waals surface area contributed by atoms with Gasteiger partial charge < -0.3 is 10.5 Å². The Morgan fingerprint density at radius 1 is 1.62 bits per heavy atom. The molecule has 0 saturated carbocycles. The van der Waals surface area contributed by atoms with Gasteiger partial charge in [-0.1, -0.05) is 6.92 Å². The van der Waals surface area contributed by atoms with Crippen LogP contribution in [0.5, 0.6) is 0 Å². The van der Waals surface area contributed by atoms with E-state index in [4.69, 9.17) is 10.3 Å². The molecule has 0 aromatic heterocycles. The summed E-state index contributed by atoms with van der Waals surface area (Å²) in [6.45, 7) is 1.99. The summed E-state index contributed by atoms with van der Waals surface area (Å²) in [6, 6.07) is -1.32. The van der Waals surface area contributed by atoms with Crippen molar-refractivity contribution >= 4 is 16.1 Å². The minimum absolute atomic E-state index is 0.192. The Bertz CT molecular complexity index is 260. The van der Waals surface area contributed by atoms with Crippen LogP contribution >= 0.6 is 0 Å². The molecule has 0 heterocycles. The normalized spacial score (nSPS) is 13.8. The number of esters is 1. The van der Waals surface area contributed by atoms with Gasteiger partial charge in [0.05, 0.1) is 6.61 Å². The predicted octanol–water partition coefficient (Wildman–Crippen LogP) is -0.845. The zero-order chi connectivity index (χ0) is 10.5. The Hall–Kier alpha value is -0.660. The lowest BCUT2D eigenvalue weighted by molar-refractivity contribution is -0.144. The molecule has 6 nitrogen and oxygen atoms in total. The molecule has 0 fully saturated rings. The Morgan fingerprint density at radius 2 is 2.15 bits per heavy atom. The summed E-state index contributed by atoms with van der Waals surface area (Å²) in [5.74, 6) is -1.63. The van der Waals surface area contributed by atoms with Gasteiger partial charge in [-0.2, -0.15) is 8.42 Å². The molecule has 0 radical (unpaired) electrons. The maximum absolute atomic E-state index is 10.9. The molecule has 0 rings (SSSR count). The molecule has 0 aliphatic carbocycles. The van der Waals surface area contributed by atoms with Crippen molar-refractivity contribution in [2.75, 3.05) is 12.4 Å². The van der Waals surface area contributed by atoms with E-state index in [1.54, 1.807) is 6.92 Å². The van der Waals surface area contributed by atoms with Crippen molar-refractivity contribution in [1.82, 2.24) is 0 Å². The van der Waals surface area contributed by atoms with Crippen LogP contribution in [0.1, 0.15) is 13.3 Å². The van der Waals surface area contributed by atoms with E-state index in [0.29, 0.717) is 6.42 Å². The molecule has 13 heavy (non-hydrogen) atoms. The lowest BCUT2D eigenvalue weighted by Crippen LogP contribution is -2.38. The van der Waals surface area contributed by atoms with E-state index >= 15 is 0 Å². The van der Waals surface area contributed by atoms with E-state index < -0.39 is 27.9 Å². The van der Waals surface area contributed by atoms with E-state index in [1.165, 1.54) is 0 Å². The number of ether oxygens (including phenoxy) is 1. The fraction of sp³-hybridized carbons (Fsp3) is 0.833. The maximum atomic E-state index is 10.9. The summed E-state index contributed by atoms with van der Waals surface area (Å²) >= 11 is 0. The molecule has 0 unspecified atom stereocenters. The third-order valence-corrected chi connectivity index (χ3v) is 1.92. The van der Waals surface area contributed by atoms with Gasteiger partial charge >= 0.3 is 5.97 Å². The minimum Gasteiger partial charge on any atom is -0.465 e. The molecule has 0 amide bonds. The van der Waals surface area contributed by atoms with Gasteiger partial charge in [-0.25, -0.2) is 0 Å². The average molecular weight is 211 g/mol. The second-order valence-corrected chi connectivity index (χ2v) is 4.02. The standard InChI is InChI=1S/C6H13NO5S/c1-2-3-12-6(8)5(7)4-13(9,10)11/h5H,2-4,7H2,1H3,(H,9,10,11)/t5-/m0/s1. The summed E-state index contributed by atoms with van der Waals surface area (Å²) in [7, 11) is -4.22. The Balaban J connectivity index is 3.97. The summed E-state index contributed by atoms with van der Waals surface area (Å²) < 4.78 is 33.5. The first kappa shape index (κ1) is 12.3. The number of hydrogen-bond acceptors (Lipinski definition) is 5. The number of nitrogens with two attached hydrogens (primary N) is 1. The van der Waals surface area contributed by atoms with Gasteiger partial charge in [-0.15, -0.1) is 0 Å². The van der Waals surface area contributed by atoms with Crippen LogP contribution in [0.2, 0.25) is 0 Å². The van der Waals surface area contributed by atoms with Crippen molar-refractivity contribution < 1.29 is 22.5 Å². The molecular weight excluding hydrogens is 198 g/mol. The molecule has 1 atom stereocenters. The molecule has 78 valence electrons. The predicted molar refractivity (Wildman–Crippen MR) is 45.6 cm³/mol. The highest BCUT2D eigenvalue weighted by molar-refractivity contribution is 7.85. The average Bonchev–Trinajstić information content (AvgIpc) is 1.96. The van der Waals surface area contributed by atoms with Crippen molar-refractivity contribution in [3.8, 4) is 0 Å². The third-order valence-electron chi connectivity index (χ3n) is 1.14. The highest BCUT2D eigenvalue weighted by Gasteiger charge is 2.21. The van der Waals surface area contributed by atoms with Crippen LogP contribution in [0.25, 0.3) is 0 Å². The SMILES string of the molecule is CCCOC(=O)[C@@H](N)CS(=O)(=O)O. The molecular formula is C6H13NO5S. The first-order chi connectivity index (χ1) is 5.87. The number of rotatable bonds is 5. The molecule has 0 bridgehead atoms. The fourth-order valence-corrected chi connectivity index (χ4v) is 1.19. The molecule has 0 aromatic rings. The molecule has 0 aliphatic heterocycles. The highest BCUT2D eigenvalue weighted by atomic mass is 32.2. The summed E-state index contributed by atoms with van der Waals surface area (Å²) in [5, 5.41) is 0.